The van der Waals surface area contributed by atoms with Crippen LogP contribution in [0.2, 0.25) is 0 Å². The number of rotatable bonds is 4. The van der Waals surface area contributed by atoms with Gasteiger partial charge in [0.15, 0.2) is 0 Å². The molecule has 28 heavy (non-hydrogen) atoms. The summed E-state index contributed by atoms with van der Waals surface area (Å²) >= 11 is 0. The van der Waals surface area contributed by atoms with E-state index in [2.05, 4.69) is 5.32 Å². The smallest absolute Gasteiger partial charge is 0.253 e. The zero-order valence-electron chi connectivity index (χ0n) is 15.7. The van der Waals surface area contributed by atoms with Crippen molar-refractivity contribution in [2.24, 2.45) is 0 Å². The first kappa shape index (κ1) is 18.2. The Morgan fingerprint density at radius 2 is 1.82 bits per heavy atom. The summed E-state index contributed by atoms with van der Waals surface area (Å²) < 4.78 is 13.1. The van der Waals surface area contributed by atoms with Gasteiger partial charge in [-0.25, -0.2) is 4.39 Å². The van der Waals surface area contributed by atoms with E-state index < -0.39 is 0 Å². The van der Waals surface area contributed by atoms with Gasteiger partial charge in [0.05, 0.1) is 0 Å². The lowest BCUT2D eigenvalue weighted by Crippen LogP contribution is -2.28. The van der Waals surface area contributed by atoms with Crippen molar-refractivity contribution in [1.29, 1.82) is 0 Å². The first-order chi connectivity index (χ1) is 13.6. The number of pyridine rings is 1. The van der Waals surface area contributed by atoms with E-state index >= 15 is 0 Å². The van der Waals surface area contributed by atoms with Gasteiger partial charge in [0, 0.05) is 47.3 Å². The molecular formula is C23H22FN3O. The second-order valence-electron chi connectivity index (χ2n) is 7.16. The average Bonchev–Trinajstić information content (AvgIpc) is 3.20. The predicted molar refractivity (Wildman–Crippen MR) is 108 cm³/mol. The van der Waals surface area contributed by atoms with Crippen LogP contribution in [-0.4, -0.2) is 28.9 Å². The average molecular weight is 375 g/mol. The molecule has 0 spiro atoms. The van der Waals surface area contributed by atoms with Gasteiger partial charge in [-0.15, -0.1) is 0 Å². The number of carbonyl (C=O) groups excluding carboxylic acids is 1. The minimum Gasteiger partial charge on any atom is -0.355 e. The van der Waals surface area contributed by atoms with Gasteiger partial charge in [0.1, 0.15) is 5.82 Å². The molecule has 0 radical (unpaired) electrons. The van der Waals surface area contributed by atoms with Crippen LogP contribution in [0.5, 0.6) is 0 Å². The number of aryl methyl sites for hydroxylation is 1. The number of hydrogen-bond acceptors (Lipinski definition) is 3. The predicted octanol–water partition coefficient (Wildman–Crippen LogP) is 4.90. The van der Waals surface area contributed by atoms with E-state index in [0.717, 1.165) is 41.3 Å². The van der Waals surface area contributed by atoms with Crippen LogP contribution < -0.4 is 5.32 Å². The highest BCUT2D eigenvalue weighted by Crippen LogP contribution is 2.29. The molecule has 4 rings (SSSR count). The standard InChI is InChI=1S/C23H22FN3O/c1-16-13-21(26-20-9-7-19(24)8-10-20)14-22(25-16)18-11-12-27(15-18)23(28)17-5-3-2-4-6-17/h2-10,13-14,18H,11-12,15H2,1H3,(H,25,26)/t18-/m1/s1. The molecule has 3 aromatic rings. The van der Waals surface area contributed by atoms with Crippen LogP contribution >= 0.6 is 0 Å². The third-order valence-electron chi connectivity index (χ3n) is 5.02. The molecule has 1 N–H and O–H groups in total. The first-order valence-electron chi connectivity index (χ1n) is 9.44. The maximum Gasteiger partial charge on any atom is 0.253 e. The zero-order valence-corrected chi connectivity index (χ0v) is 15.7. The van der Waals surface area contributed by atoms with Crippen molar-refractivity contribution in [3.8, 4) is 0 Å². The van der Waals surface area contributed by atoms with Gasteiger partial charge in [0.25, 0.3) is 5.91 Å². The minimum atomic E-state index is -0.258. The fourth-order valence-electron chi connectivity index (χ4n) is 3.62. The number of carbonyl (C=O) groups is 1. The summed E-state index contributed by atoms with van der Waals surface area (Å²) in [4.78, 5) is 19.3. The lowest BCUT2D eigenvalue weighted by atomic mass is 10.0. The van der Waals surface area contributed by atoms with Crippen molar-refractivity contribution >= 4 is 17.3 Å². The molecule has 1 aliphatic rings. The van der Waals surface area contributed by atoms with Gasteiger partial charge in [-0.1, -0.05) is 18.2 Å². The van der Waals surface area contributed by atoms with Crippen molar-refractivity contribution in [2.75, 3.05) is 18.4 Å². The van der Waals surface area contributed by atoms with Crippen molar-refractivity contribution in [1.82, 2.24) is 9.88 Å². The maximum absolute atomic E-state index is 13.1. The van der Waals surface area contributed by atoms with Gasteiger partial charge in [-0.2, -0.15) is 0 Å². The van der Waals surface area contributed by atoms with Crippen molar-refractivity contribution < 1.29 is 9.18 Å². The van der Waals surface area contributed by atoms with Crippen LogP contribution in [0.4, 0.5) is 15.8 Å². The highest BCUT2D eigenvalue weighted by Gasteiger charge is 2.29. The Hall–Kier alpha value is -3.21. The number of amides is 1. The Labute approximate surface area is 164 Å². The number of benzene rings is 2. The molecule has 0 aliphatic carbocycles. The topological polar surface area (TPSA) is 45.2 Å². The molecule has 1 fully saturated rings. The SMILES string of the molecule is Cc1cc(Nc2ccc(F)cc2)cc([C@@H]2CCN(C(=O)c3ccccc3)C2)n1. The molecule has 1 saturated heterocycles. The Bertz CT molecular complexity index is 973. The number of anilines is 2. The second kappa shape index (κ2) is 7.80. The van der Waals surface area contributed by atoms with Crippen molar-refractivity contribution in [3.05, 3.63) is 89.5 Å². The van der Waals surface area contributed by atoms with Crippen LogP contribution in [0.1, 0.15) is 34.1 Å². The van der Waals surface area contributed by atoms with E-state index in [0.29, 0.717) is 6.54 Å². The van der Waals surface area contributed by atoms with Gasteiger partial charge in [-0.05, 0) is 61.9 Å². The molecule has 1 aromatic heterocycles. The Balaban J connectivity index is 1.49. The molecule has 0 unspecified atom stereocenters. The normalized spacial score (nSPS) is 16.2. The number of likely N-dealkylation sites (tertiary alicyclic amines) is 1. The molecule has 1 atom stereocenters. The summed E-state index contributed by atoms with van der Waals surface area (Å²) in [6, 6.07) is 19.7. The maximum atomic E-state index is 13.1. The van der Waals surface area contributed by atoms with E-state index in [4.69, 9.17) is 4.98 Å². The van der Waals surface area contributed by atoms with Crippen LogP contribution in [-0.2, 0) is 0 Å². The molecule has 1 aliphatic heterocycles. The molecule has 142 valence electrons. The van der Waals surface area contributed by atoms with Crippen molar-refractivity contribution in [3.63, 3.8) is 0 Å². The fourth-order valence-corrected chi connectivity index (χ4v) is 3.62. The third-order valence-corrected chi connectivity index (χ3v) is 5.02. The Kier molecular flexibility index (Phi) is 5.06. The third kappa shape index (κ3) is 4.03. The highest BCUT2D eigenvalue weighted by molar-refractivity contribution is 5.94. The molecule has 0 bridgehead atoms. The number of aromatic nitrogens is 1. The summed E-state index contributed by atoms with van der Waals surface area (Å²) in [5, 5.41) is 3.31. The molecule has 0 saturated carbocycles. The monoisotopic (exact) mass is 375 g/mol. The quantitative estimate of drug-likeness (QED) is 0.705. The molecular weight excluding hydrogens is 353 g/mol. The molecule has 4 nitrogen and oxygen atoms in total. The van der Waals surface area contributed by atoms with Crippen LogP contribution in [0, 0.1) is 12.7 Å². The van der Waals surface area contributed by atoms with Crippen molar-refractivity contribution in [2.45, 2.75) is 19.3 Å². The number of nitrogens with one attached hydrogen (secondary N) is 1. The zero-order chi connectivity index (χ0) is 19.5. The highest BCUT2D eigenvalue weighted by atomic mass is 19.1. The van der Waals surface area contributed by atoms with Crippen LogP contribution in [0.15, 0.2) is 66.7 Å². The number of nitrogens with zero attached hydrogens (tertiary/aromatic N) is 2. The summed E-state index contributed by atoms with van der Waals surface area (Å²) in [6.45, 7) is 3.36. The van der Waals surface area contributed by atoms with E-state index in [1.165, 1.54) is 12.1 Å². The molecule has 5 heteroatoms. The van der Waals surface area contributed by atoms with Gasteiger partial charge < -0.3 is 10.2 Å². The van der Waals surface area contributed by atoms with Crippen LogP contribution in [0.3, 0.4) is 0 Å². The largest absolute Gasteiger partial charge is 0.355 e. The van der Waals surface area contributed by atoms with E-state index in [1.807, 2.05) is 54.3 Å². The number of halogens is 1. The number of hydrogen-bond donors (Lipinski definition) is 1. The van der Waals surface area contributed by atoms with E-state index in [1.54, 1.807) is 12.1 Å². The lowest BCUT2D eigenvalue weighted by Gasteiger charge is -2.17. The summed E-state index contributed by atoms with van der Waals surface area (Å²) in [5.41, 5.74) is 4.36. The van der Waals surface area contributed by atoms with E-state index in [9.17, 15) is 9.18 Å². The lowest BCUT2D eigenvalue weighted by molar-refractivity contribution is 0.0790. The molecule has 1 amide bonds. The Morgan fingerprint density at radius 1 is 1.07 bits per heavy atom. The summed E-state index contributed by atoms with van der Waals surface area (Å²) in [5.74, 6) is 0.0213. The van der Waals surface area contributed by atoms with Crippen LogP contribution in [0.25, 0.3) is 0 Å². The molecule has 2 heterocycles. The van der Waals surface area contributed by atoms with Gasteiger partial charge in [-0.3, -0.25) is 9.78 Å². The Morgan fingerprint density at radius 3 is 2.57 bits per heavy atom. The molecule has 2 aromatic carbocycles. The fraction of sp³-hybridized carbons (Fsp3) is 0.217. The summed E-state index contributed by atoms with van der Waals surface area (Å²) in [7, 11) is 0. The van der Waals surface area contributed by atoms with Gasteiger partial charge >= 0.3 is 0 Å². The summed E-state index contributed by atoms with van der Waals surface area (Å²) in [6.07, 6.45) is 0.894. The van der Waals surface area contributed by atoms with E-state index in [-0.39, 0.29) is 17.6 Å². The second-order valence-corrected chi connectivity index (χ2v) is 7.16. The van der Waals surface area contributed by atoms with Gasteiger partial charge in [0.2, 0.25) is 0 Å². The minimum absolute atomic E-state index is 0.0698. The first-order valence-corrected chi connectivity index (χ1v) is 9.44.